The Labute approximate surface area is 241 Å². The monoisotopic (exact) mass is 566 g/mol. The van der Waals surface area contributed by atoms with Gasteiger partial charge in [-0.15, -0.1) is 0 Å². The first-order valence-electron chi connectivity index (χ1n) is 13.6. The number of carboxylic acid groups (broad SMARTS) is 1. The summed E-state index contributed by atoms with van der Waals surface area (Å²) in [5.74, 6) is 1.26. The Morgan fingerprint density at radius 3 is 2.49 bits per heavy atom. The largest absolute Gasteiger partial charge is 0.481 e. The van der Waals surface area contributed by atoms with Crippen molar-refractivity contribution in [1.29, 1.82) is 0 Å². The van der Waals surface area contributed by atoms with Gasteiger partial charge < -0.3 is 26.0 Å². The summed E-state index contributed by atoms with van der Waals surface area (Å²) >= 11 is 1.50. The molecule has 0 atom stereocenters. The van der Waals surface area contributed by atoms with Crippen molar-refractivity contribution in [3.05, 3.63) is 89.6 Å². The van der Waals surface area contributed by atoms with E-state index in [0.29, 0.717) is 29.7 Å². The third-order valence-corrected chi connectivity index (χ3v) is 7.64. The zero-order valence-electron chi connectivity index (χ0n) is 22.4. The molecule has 11 heteroatoms. The van der Waals surface area contributed by atoms with Crippen LogP contribution in [0.3, 0.4) is 0 Å². The number of nitrogens with one attached hydrogen (secondary N) is 3. The van der Waals surface area contributed by atoms with Crippen LogP contribution in [0.25, 0.3) is 10.3 Å². The standard InChI is InChI=1S/C30H30N8O2S/c39-27(40)13-8-20-6-9-22(10-7-20)32-29-33-23(18-21-4-2-1-3-5-21)19-25(35-29)36-30-34-24-11-12-26(37-28(24)41-30)38-16-14-31-15-17-38/h1-7,9-12,19,31H,8,13-18H2,(H,39,40)(H2,32,33,34,35,36). The lowest BCUT2D eigenvalue weighted by Crippen LogP contribution is -2.43. The molecule has 0 amide bonds. The van der Waals surface area contributed by atoms with E-state index in [2.05, 4.69) is 33.0 Å². The third-order valence-electron chi connectivity index (χ3n) is 6.76. The highest BCUT2D eigenvalue weighted by Gasteiger charge is 2.15. The summed E-state index contributed by atoms with van der Waals surface area (Å²) in [4.78, 5) is 33.2. The number of anilines is 5. The lowest BCUT2D eigenvalue weighted by atomic mass is 10.1. The molecule has 1 saturated heterocycles. The summed E-state index contributed by atoms with van der Waals surface area (Å²) in [5, 5.41) is 19.7. The summed E-state index contributed by atoms with van der Waals surface area (Å²) in [7, 11) is 0. The van der Waals surface area contributed by atoms with Gasteiger partial charge in [-0.05, 0) is 41.8 Å². The van der Waals surface area contributed by atoms with Crippen LogP contribution in [0, 0.1) is 0 Å². The Morgan fingerprint density at radius 2 is 1.71 bits per heavy atom. The van der Waals surface area contributed by atoms with Crippen molar-refractivity contribution < 1.29 is 9.90 Å². The van der Waals surface area contributed by atoms with Gasteiger partial charge in [-0.3, -0.25) is 4.79 Å². The second kappa shape index (κ2) is 12.3. The number of thiazole rings is 1. The Hall–Kier alpha value is -4.61. The third kappa shape index (κ3) is 6.94. The molecule has 0 radical (unpaired) electrons. The molecule has 1 aliphatic rings. The molecule has 3 aromatic heterocycles. The highest BCUT2D eigenvalue weighted by molar-refractivity contribution is 7.21. The second-order valence-corrected chi connectivity index (χ2v) is 10.8. The summed E-state index contributed by atoms with van der Waals surface area (Å²) < 4.78 is 0. The number of nitrogens with zero attached hydrogens (tertiary/aromatic N) is 5. The quantitative estimate of drug-likeness (QED) is 0.184. The van der Waals surface area contributed by atoms with Crippen LogP contribution in [0.1, 0.15) is 23.2 Å². The van der Waals surface area contributed by atoms with E-state index in [0.717, 1.165) is 64.9 Å². The first-order valence-corrected chi connectivity index (χ1v) is 14.4. The molecule has 208 valence electrons. The van der Waals surface area contributed by atoms with E-state index < -0.39 is 5.97 Å². The lowest BCUT2D eigenvalue weighted by Gasteiger charge is -2.28. The number of rotatable bonds is 10. The van der Waals surface area contributed by atoms with Crippen molar-refractivity contribution >= 4 is 56.1 Å². The molecule has 41 heavy (non-hydrogen) atoms. The molecule has 0 saturated carbocycles. The molecule has 0 spiro atoms. The maximum absolute atomic E-state index is 10.9. The van der Waals surface area contributed by atoms with Crippen LogP contribution in [0.15, 0.2) is 72.8 Å². The molecule has 4 heterocycles. The Balaban J connectivity index is 1.24. The minimum atomic E-state index is -0.806. The Morgan fingerprint density at radius 1 is 0.902 bits per heavy atom. The van der Waals surface area contributed by atoms with Gasteiger partial charge in [-0.2, -0.15) is 4.98 Å². The fourth-order valence-corrected chi connectivity index (χ4v) is 5.53. The van der Waals surface area contributed by atoms with Gasteiger partial charge in [0.05, 0.1) is 5.69 Å². The Bertz CT molecular complexity index is 1640. The maximum Gasteiger partial charge on any atom is 0.303 e. The smallest absolute Gasteiger partial charge is 0.303 e. The van der Waals surface area contributed by atoms with Gasteiger partial charge in [-0.1, -0.05) is 53.8 Å². The molecule has 6 rings (SSSR count). The zero-order valence-corrected chi connectivity index (χ0v) is 23.2. The van der Waals surface area contributed by atoms with E-state index in [1.54, 1.807) is 0 Å². The highest BCUT2D eigenvalue weighted by Crippen LogP contribution is 2.29. The van der Waals surface area contributed by atoms with Crippen molar-refractivity contribution in [2.75, 3.05) is 41.7 Å². The van der Waals surface area contributed by atoms with Gasteiger partial charge in [0.1, 0.15) is 22.0 Å². The number of aromatic nitrogens is 4. The number of pyridine rings is 1. The van der Waals surface area contributed by atoms with Gasteiger partial charge in [0.25, 0.3) is 0 Å². The maximum atomic E-state index is 10.9. The topological polar surface area (TPSA) is 128 Å². The van der Waals surface area contributed by atoms with Crippen molar-refractivity contribution in [2.45, 2.75) is 19.3 Å². The second-order valence-electron chi connectivity index (χ2n) is 9.82. The van der Waals surface area contributed by atoms with Crippen LogP contribution in [-0.2, 0) is 17.6 Å². The molecule has 10 nitrogen and oxygen atoms in total. The fourth-order valence-electron chi connectivity index (χ4n) is 4.69. The Kier molecular flexibility index (Phi) is 7.97. The number of hydrogen-bond donors (Lipinski definition) is 4. The number of benzene rings is 2. The van der Waals surface area contributed by atoms with Gasteiger partial charge >= 0.3 is 5.97 Å². The molecule has 0 bridgehead atoms. The number of fused-ring (bicyclic) bond motifs is 1. The first-order chi connectivity index (χ1) is 20.1. The summed E-state index contributed by atoms with van der Waals surface area (Å²) in [6, 6.07) is 23.8. The molecule has 5 aromatic rings. The minimum absolute atomic E-state index is 0.102. The SMILES string of the molecule is O=C(O)CCc1ccc(Nc2nc(Cc3ccccc3)cc(Nc3nc4ccc(N5CCNCC5)nc4s3)n2)cc1. The van der Waals surface area contributed by atoms with Crippen LogP contribution >= 0.6 is 11.3 Å². The fraction of sp³-hybridized carbons (Fsp3) is 0.233. The average molecular weight is 567 g/mol. The molecule has 2 aromatic carbocycles. The van der Waals surface area contributed by atoms with Crippen LogP contribution in [0.5, 0.6) is 0 Å². The van der Waals surface area contributed by atoms with Crippen LogP contribution in [0.4, 0.5) is 28.4 Å². The van der Waals surface area contributed by atoms with E-state index in [1.807, 2.05) is 60.7 Å². The van der Waals surface area contributed by atoms with Crippen LogP contribution in [-0.4, -0.2) is 57.2 Å². The van der Waals surface area contributed by atoms with E-state index in [1.165, 1.54) is 11.3 Å². The highest BCUT2D eigenvalue weighted by atomic mass is 32.1. The van der Waals surface area contributed by atoms with Gasteiger partial charge in [0.15, 0.2) is 5.13 Å². The molecule has 0 aliphatic carbocycles. The molecular weight excluding hydrogens is 536 g/mol. The van der Waals surface area contributed by atoms with Gasteiger partial charge in [0.2, 0.25) is 5.95 Å². The normalized spacial score (nSPS) is 13.3. The van der Waals surface area contributed by atoms with Crippen molar-refractivity contribution in [2.24, 2.45) is 0 Å². The predicted molar refractivity (Wildman–Crippen MR) is 163 cm³/mol. The van der Waals surface area contributed by atoms with Crippen LogP contribution in [0.2, 0.25) is 0 Å². The molecule has 1 aliphatic heterocycles. The number of carboxylic acids is 1. The first kappa shape index (κ1) is 26.6. The number of aryl methyl sites for hydroxylation is 1. The number of carbonyl (C=O) groups is 1. The van der Waals surface area contributed by atoms with Crippen molar-refractivity contribution in [3.8, 4) is 0 Å². The van der Waals surface area contributed by atoms with Crippen molar-refractivity contribution in [1.82, 2.24) is 25.3 Å². The van der Waals surface area contributed by atoms with E-state index >= 15 is 0 Å². The molecule has 1 fully saturated rings. The average Bonchev–Trinajstić information content (AvgIpc) is 3.39. The summed E-state index contributed by atoms with van der Waals surface area (Å²) in [6.45, 7) is 3.79. The van der Waals surface area contributed by atoms with E-state index in [4.69, 9.17) is 25.0 Å². The summed E-state index contributed by atoms with van der Waals surface area (Å²) in [6.07, 6.45) is 1.24. The number of aliphatic carboxylic acids is 1. The van der Waals surface area contributed by atoms with Crippen LogP contribution < -0.4 is 20.9 Å². The zero-order chi connectivity index (χ0) is 28.0. The molecular formula is C30H30N8O2S. The van der Waals surface area contributed by atoms with E-state index in [9.17, 15) is 4.79 Å². The molecule has 0 unspecified atom stereocenters. The summed E-state index contributed by atoms with van der Waals surface area (Å²) in [5.41, 5.74) is 4.63. The predicted octanol–water partition coefficient (Wildman–Crippen LogP) is 4.99. The molecule has 4 N–H and O–H groups in total. The van der Waals surface area contributed by atoms with E-state index in [-0.39, 0.29) is 6.42 Å². The van der Waals surface area contributed by atoms with Gasteiger partial charge in [-0.25, -0.2) is 15.0 Å². The number of piperazine rings is 1. The minimum Gasteiger partial charge on any atom is -0.481 e. The number of hydrogen-bond acceptors (Lipinski definition) is 10. The van der Waals surface area contributed by atoms with Gasteiger partial charge in [0, 0.05) is 50.8 Å². The lowest BCUT2D eigenvalue weighted by molar-refractivity contribution is -0.136. The van der Waals surface area contributed by atoms with Crippen molar-refractivity contribution in [3.63, 3.8) is 0 Å².